The van der Waals surface area contributed by atoms with Crippen LogP contribution in [0.3, 0.4) is 0 Å². The molecule has 35 heavy (non-hydrogen) atoms. The van der Waals surface area contributed by atoms with E-state index in [2.05, 4.69) is 21.2 Å². The molecule has 1 atom stereocenters. The van der Waals surface area contributed by atoms with E-state index in [1.54, 1.807) is 19.9 Å². The van der Waals surface area contributed by atoms with Crippen LogP contribution in [0.15, 0.2) is 46.9 Å². The summed E-state index contributed by atoms with van der Waals surface area (Å²) in [6.07, 6.45) is 0.763. The van der Waals surface area contributed by atoms with Gasteiger partial charge >= 0.3 is 10.2 Å². The Morgan fingerprint density at radius 1 is 1.09 bits per heavy atom. The van der Waals surface area contributed by atoms with E-state index < -0.39 is 28.7 Å². The van der Waals surface area contributed by atoms with Crippen LogP contribution in [-0.2, 0) is 26.3 Å². The van der Waals surface area contributed by atoms with Crippen LogP contribution in [0, 0.1) is 13.8 Å². The second-order valence-electron chi connectivity index (χ2n) is 8.71. The maximum Gasteiger partial charge on any atom is 0.304 e. The third-order valence-corrected chi connectivity index (χ3v) is 7.91. The quantitative estimate of drug-likeness (QED) is 0.449. The first-order valence-electron chi connectivity index (χ1n) is 11.5. The number of nitrogens with one attached hydrogen (secondary N) is 1. The number of rotatable bonds is 11. The average molecular weight is 568 g/mol. The van der Waals surface area contributed by atoms with Gasteiger partial charge in [0, 0.05) is 31.7 Å². The van der Waals surface area contributed by atoms with Crippen molar-refractivity contribution in [3.8, 4) is 0 Å². The smallest absolute Gasteiger partial charge is 0.304 e. The van der Waals surface area contributed by atoms with Crippen molar-refractivity contribution in [2.24, 2.45) is 0 Å². The van der Waals surface area contributed by atoms with Crippen molar-refractivity contribution in [3.63, 3.8) is 0 Å². The predicted molar refractivity (Wildman–Crippen MR) is 143 cm³/mol. The van der Waals surface area contributed by atoms with Crippen molar-refractivity contribution in [2.45, 2.75) is 46.7 Å². The highest BCUT2D eigenvalue weighted by Crippen LogP contribution is 2.26. The lowest BCUT2D eigenvalue weighted by molar-refractivity contribution is -0.139. The number of anilines is 1. The van der Waals surface area contributed by atoms with Crippen molar-refractivity contribution in [2.75, 3.05) is 31.5 Å². The summed E-state index contributed by atoms with van der Waals surface area (Å²) in [5.41, 5.74) is 2.84. The number of hydrogen-bond acceptors (Lipinski definition) is 4. The Kier molecular flexibility index (Phi) is 10.3. The molecule has 0 heterocycles. The van der Waals surface area contributed by atoms with Crippen molar-refractivity contribution >= 4 is 43.6 Å². The molecular formula is C25H35BrN4O4S. The molecule has 0 aromatic heterocycles. The van der Waals surface area contributed by atoms with Crippen molar-refractivity contribution < 1.29 is 18.0 Å². The fraction of sp³-hybridized carbons (Fsp3) is 0.440. The lowest BCUT2D eigenvalue weighted by Gasteiger charge is -2.33. The van der Waals surface area contributed by atoms with Crippen LogP contribution in [0.2, 0.25) is 0 Å². The number of carbonyl (C=O) groups excluding carboxylic acids is 2. The predicted octanol–water partition coefficient (Wildman–Crippen LogP) is 3.62. The highest BCUT2D eigenvalue weighted by atomic mass is 79.9. The van der Waals surface area contributed by atoms with Crippen LogP contribution in [0.4, 0.5) is 5.69 Å². The van der Waals surface area contributed by atoms with E-state index in [1.807, 2.05) is 50.2 Å². The summed E-state index contributed by atoms with van der Waals surface area (Å²) in [7, 11) is -1.13. The summed E-state index contributed by atoms with van der Waals surface area (Å²) in [5, 5.41) is 2.83. The van der Waals surface area contributed by atoms with Crippen LogP contribution in [-0.4, -0.2) is 62.7 Å². The SMILES string of the molecule is CCCNC(=O)[C@@H](C)N(Cc1cccc(Br)c1)C(=O)CN(c1cc(C)ccc1C)S(=O)(=O)N(C)C. The second-order valence-corrected chi connectivity index (χ2v) is 11.7. The molecule has 0 bridgehead atoms. The molecule has 10 heteroatoms. The van der Waals surface area contributed by atoms with Crippen molar-refractivity contribution in [1.29, 1.82) is 0 Å². The van der Waals surface area contributed by atoms with E-state index in [1.165, 1.54) is 19.0 Å². The molecule has 2 amide bonds. The molecule has 0 spiro atoms. The Morgan fingerprint density at radius 2 is 1.77 bits per heavy atom. The molecule has 0 aliphatic heterocycles. The Balaban J connectivity index is 2.49. The Bertz CT molecular complexity index is 1150. The highest BCUT2D eigenvalue weighted by molar-refractivity contribution is 9.10. The number of nitrogens with zero attached hydrogens (tertiary/aromatic N) is 3. The van der Waals surface area contributed by atoms with E-state index in [4.69, 9.17) is 0 Å². The van der Waals surface area contributed by atoms with Gasteiger partial charge < -0.3 is 10.2 Å². The monoisotopic (exact) mass is 566 g/mol. The highest BCUT2D eigenvalue weighted by Gasteiger charge is 2.33. The standard InChI is InChI=1S/C25H35BrN4O4S/c1-7-13-27-25(32)20(4)29(16-21-9-8-10-22(26)15-21)24(31)17-30(35(33,34)28(5)6)23-14-18(2)11-12-19(23)3/h8-12,14-15,20H,7,13,16-17H2,1-6H3,(H,27,32)/t20-/m1/s1. The van der Waals surface area contributed by atoms with Crippen molar-refractivity contribution in [1.82, 2.24) is 14.5 Å². The first kappa shape index (κ1) is 28.8. The molecule has 0 radical (unpaired) electrons. The van der Waals surface area contributed by atoms with Gasteiger partial charge in [-0.3, -0.25) is 9.59 Å². The van der Waals surface area contributed by atoms with Gasteiger partial charge in [0.2, 0.25) is 11.8 Å². The molecule has 8 nitrogen and oxygen atoms in total. The summed E-state index contributed by atoms with van der Waals surface area (Å²) >= 11 is 3.44. The fourth-order valence-corrected chi connectivity index (χ4v) is 5.06. The molecular weight excluding hydrogens is 532 g/mol. The van der Waals surface area contributed by atoms with E-state index >= 15 is 0 Å². The fourth-order valence-electron chi connectivity index (χ4n) is 3.50. The first-order chi connectivity index (χ1) is 16.4. The van der Waals surface area contributed by atoms with Crippen LogP contribution in [0.1, 0.15) is 37.0 Å². The van der Waals surface area contributed by atoms with Gasteiger partial charge in [-0.1, -0.05) is 47.1 Å². The normalized spacial score (nSPS) is 12.3. The van der Waals surface area contributed by atoms with Gasteiger partial charge in [-0.05, 0) is 62.1 Å². The van der Waals surface area contributed by atoms with E-state index in [-0.39, 0.29) is 12.5 Å². The largest absolute Gasteiger partial charge is 0.354 e. The molecule has 2 aromatic carbocycles. The summed E-state index contributed by atoms with van der Waals surface area (Å²) in [4.78, 5) is 27.9. The average Bonchev–Trinajstić information content (AvgIpc) is 2.80. The molecule has 2 rings (SSSR count). The maximum absolute atomic E-state index is 13.7. The Hall–Kier alpha value is -2.43. The number of amides is 2. The zero-order valence-electron chi connectivity index (χ0n) is 21.2. The summed E-state index contributed by atoms with van der Waals surface area (Å²) in [6, 6.07) is 12.1. The summed E-state index contributed by atoms with van der Waals surface area (Å²) < 4.78 is 29.6. The summed E-state index contributed by atoms with van der Waals surface area (Å²) in [5.74, 6) is -0.764. The van der Waals surface area contributed by atoms with Gasteiger partial charge in [0.25, 0.3) is 0 Å². The van der Waals surface area contributed by atoms with Crippen LogP contribution in [0.25, 0.3) is 0 Å². The Morgan fingerprint density at radius 3 is 2.37 bits per heavy atom. The number of hydrogen-bond donors (Lipinski definition) is 1. The van der Waals surface area contributed by atoms with Crippen molar-refractivity contribution in [3.05, 3.63) is 63.6 Å². The third-order valence-electron chi connectivity index (χ3n) is 5.61. The molecule has 0 saturated heterocycles. The van der Waals surface area contributed by atoms with E-state index in [0.29, 0.717) is 12.2 Å². The van der Waals surface area contributed by atoms with E-state index in [9.17, 15) is 18.0 Å². The topological polar surface area (TPSA) is 90.0 Å². The number of benzene rings is 2. The molecule has 192 valence electrons. The van der Waals surface area contributed by atoms with E-state index in [0.717, 1.165) is 36.2 Å². The minimum Gasteiger partial charge on any atom is -0.354 e. The van der Waals surface area contributed by atoms with Crippen LogP contribution < -0.4 is 9.62 Å². The molecule has 1 N–H and O–H groups in total. The number of aryl methyl sites for hydroxylation is 2. The van der Waals surface area contributed by atoms with Gasteiger partial charge in [-0.15, -0.1) is 0 Å². The van der Waals surface area contributed by atoms with Gasteiger partial charge in [-0.25, -0.2) is 4.31 Å². The lowest BCUT2D eigenvalue weighted by Crippen LogP contribution is -2.52. The first-order valence-corrected chi connectivity index (χ1v) is 13.7. The lowest BCUT2D eigenvalue weighted by atomic mass is 10.1. The number of halogens is 1. The molecule has 0 aliphatic rings. The van der Waals surface area contributed by atoms with Crippen LogP contribution >= 0.6 is 15.9 Å². The van der Waals surface area contributed by atoms with Gasteiger partial charge in [0.05, 0.1) is 5.69 Å². The maximum atomic E-state index is 13.7. The second kappa shape index (κ2) is 12.5. The van der Waals surface area contributed by atoms with Gasteiger partial charge in [0.1, 0.15) is 12.6 Å². The number of carbonyl (C=O) groups is 2. The zero-order chi connectivity index (χ0) is 26.3. The molecule has 2 aromatic rings. The minimum absolute atomic E-state index is 0.154. The zero-order valence-corrected chi connectivity index (χ0v) is 23.6. The van der Waals surface area contributed by atoms with Gasteiger partial charge in [-0.2, -0.15) is 12.7 Å². The van der Waals surface area contributed by atoms with Gasteiger partial charge in [0.15, 0.2) is 0 Å². The summed E-state index contributed by atoms with van der Waals surface area (Å²) in [6.45, 7) is 7.48. The Labute approximate surface area is 217 Å². The third kappa shape index (κ3) is 7.52. The molecule has 0 unspecified atom stereocenters. The molecule has 0 fully saturated rings. The minimum atomic E-state index is -3.99. The molecule has 0 saturated carbocycles. The molecule has 0 aliphatic carbocycles. The van der Waals surface area contributed by atoms with Crippen LogP contribution in [0.5, 0.6) is 0 Å².